The predicted molar refractivity (Wildman–Crippen MR) is 122 cm³/mol. The van der Waals surface area contributed by atoms with Gasteiger partial charge in [0.1, 0.15) is 12.4 Å². The van der Waals surface area contributed by atoms with E-state index in [9.17, 15) is 9.59 Å². The van der Waals surface area contributed by atoms with Gasteiger partial charge in [0.15, 0.2) is 5.13 Å². The maximum absolute atomic E-state index is 11.6. The van der Waals surface area contributed by atoms with Gasteiger partial charge in [0.2, 0.25) is 0 Å². The lowest BCUT2D eigenvalue weighted by Gasteiger charge is -2.16. The molecule has 0 unspecified atom stereocenters. The molecular formula is C22H19N3O3S2. The number of aromatic nitrogens is 1. The third-order valence-electron chi connectivity index (χ3n) is 4.39. The lowest BCUT2D eigenvalue weighted by Crippen LogP contribution is -2.23. The van der Waals surface area contributed by atoms with Crippen LogP contribution in [-0.2, 0) is 4.79 Å². The van der Waals surface area contributed by atoms with Crippen LogP contribution in [0.3, 0.4) is 0 Å². The van der Waals surface area contributed by atoms with Crippen molar-refractivity contribution in [2.24, 2.45) is 0 Å². The van der Waals surface area contributed by atoms with E-state index < -0.39 is 0 Å². The Labute approximate surface area is 182 Å². The number of imide groups is 1. The van der Waals surface area contributed by atoms with Crippen molar-refractivity contribution in [3.05, 3.63) is 71.3 Å². The van der Waals surface area contributed by atoms with Crippen LogP contribution in [0.1, 0.15) is 5.56 Å². The van der Waals surface area contributed by atoms with E-state index in [1.807, 2.05) is 55.7 Å². The Hall–Kier alpha value is -3.10. The number of ether oxygens (including phenoxy) is 1. The molecule has 3 aromatic rings. The monoisotopic (exact) mass is 437 g/mol. The fourth-order valence-corrected chi connectivity index (χ4v) is 4.40. The van der Waals surface area contributed by atoms with E-state index in [2.05, 4.69) is 27.3 Å². The Balaban J connectivity index is 1.29. The van der Waals surface area contributed by atoms with Crippen molar-refractivity contribution in [2.45, 2.75) is 0 Å². The summed E-state index contributed by atoms with van der Waals surface area (Å²) in [5.74, 6) is 0.389. The van der Waals surface area contributed by atoms with Crippen LogP contribution >= 0.6 is 23.1 Å². The smallest absolute Gasteiger partial charge is 0.290 e. The van der Waals surface area contributed by atoms with Crippen LogP contribution in [0, 0.1) is 0 Å². The van der Waals surface area contributed by atoms with Gasteiger partial charge in [-0.2, -0.15) is 0 Å². The van der Waals surface area contributed by atoms with Crippen molar-refractivity contribution >= 4 is 45.5 Å². The van der Waals surface area contributed by atoms with E-state index >= 15 is 0 Å². The Bertz CT molecular complexity index is 1080. The third-order valence-corrected chi connectivity index (χ3v) is 6.36. The molecule has 30 heavy (non-hydrogen) atoms. The molecule has 8 heteroatoms. The standard InChI is InChI=1S/C22H19N3O3S2/c1-25(21-23-14-19(29-21)16-5-3-2-4-6-16)11-12-28-17-9-7-15(8-10-17)13-18-20(26)24-22(27)30-18/h2-10,13-14H,11-12H2,1H3,(H,24,26,27)/b18-13+. The van der Waals surface area contributed by atoms with Crippen molar-refractivity contribution in [3.63, 3.8) is 0 Å². The highest BCUT2D eigenvalue weighted by Gasteiger charge is 2.24. The molecule has 2 amide bonds. The molecular weight excluding hydrogens is 418 g/mol. The first kappa shape index (κ1) is 20.2. The van der Waals surface area contributed by atoms with Crippen LogP contribution in [0.25, 0.3) is 16.5 Å². The Kier molecular flexibility index (Phi) is 6.15. The highest BCUT2D eigenvalue weighted by atomic mass is 32.2. The van der Waals surface area contributed by atoms with E-state index in [0.717, 1.165) is 33.1 Å². The number of hydrogen-bond donors (Lipinski definition) is 1. The van der Waals surface area contributed by atoms with Gasteiger partial charge >= 0.3 is 0 Å². The zero-order valence-corrected chi connectivity index (χ0v) is 17.8. The van der Waals surface area contributed by atoms with Gasteiger partial charge in [0.25, 0.3) is 11.1 Å². The molecule has 2 heterocycles. The Morgan fingerprint density at radius 1 is 1.10 bits per heavy atom. The number of nitrogens with zero attached hydrogens (tertiary/aromatic N) is 2. The molecule has 1 saturated heterocycles. The first-order valence-electron chi connectivity index (χ1n) is 9.28. The number of thioether (sulfide) groups is 1. The van der Waals surface area contributed by atoms with Gasteiger partial charge in [-0.1, -0.05) is 53.8 Å². The molecule has 1 N–H and O–H groups in total. The predicted octanol–water partition coefficient (Wildman–Crippen LogP) is 4.65. The summed E-state index contributed by atoms with van der Waals surface area (Å²) in [5, 5.41) is 2.85. The zero-order chi connectivity index (χ0) is 20.9. The second kappa shape index (κ2) is 9.15. The van der Waals surface area contributed by atoms with Crippen molar-refractivity contribution < 1.29 is 14.3 Å². The average Bonchev–Trinajstić information content (AvgIpc) is 3.37. The number of nitrogens with one attached hydrogen (secondary N) is 1. The van der Waals surface area contributed by atoms with Gasteiger partial charge in [-0.05, 0) is 41.1 Å². The van der Waals surface area contributed by atoms with E-state index in [-0.39, 0.29) is 11.1 Å². The highest BCUT2D eigenvalue weighted by Crippen LogP contribution is 2.30. The fourth-order valence-electron chi connectivity index (χ4n) is 2.81. The number of amides is 2. The lowest BCUT2D eigenvalue weighted by molar-refractivity contribution is -0.115. The molecule has 4 rings (SSSR count). The van der Waals surface area contributed by atoms with Gasteiger partial charge in [0, 0.05) is 13.2 Å². The molecule has 6 nitrogen and oxygen atoms in total. The molecule has 0 spiro atoms. The molecule has 0 atom stereocenters. The van der Waals surface area contributed by atoms with Gasteiger partial charge < -0.3 is 9.64 Å². The van der Waals surface area contributed by atoms with Crippen molar-refractivity contribution in [3.8, 4) is 16.2 Å². The van der Waals surface area contributed by atoms with Crippen molar-refractivity contribution in [1.29, 1.82) is 0 Å². The van der Waals surface area contributed by atoms with Crippen molar-refractivity contribution in [2.75, 3.05) is 25.1 Å². The average molecular weight is 438 g/mol. The van der Waals surface area contributed by atoms with Gasteiger partial charge in [-0.25, -0.2) is 4.98 Å². The molecule has 0 saturated carbocycles. The largest absolute Gasteiger partial charge is 0.492 e. The number of anilines is 1. The molecule has 1 aromatic heterocycles. The summed E-state index contributed by atoms with van der Waals surface area (Å²) in [6.07, 6.45) is 3.59. The van der Waals surface area contributed by atoms with Crippen LogP contribution in [0.5, 0.6) is 5.75 Å². The first-order chi connectivity index (χ1) is 14.6. The summed E-state index contributed by atoms with van der Waals surface area (Å²) in [5.41, 5.74) is 2.00. The number of likely N-dealkylation sites (N-methyl/N-ethyl adjacent to an activating group) is 1. The summed E-state index contributed by atoms with van der Waals surface area (Å²) in [6, 6.07) is 17.6. The molecule has 0 bridgehead atoms. The summed E-state index contributed by atoms with van der Waals surface area (Å²) < 4.78 is 5.83. The fraction of sp³-hybridized carbons (Fsp3) is 0.136. The van der Waals surface area contributed by atoms with Crippen molar-refractivity contribution in [1.82, 2.24) is 10.3 Å². The Morgan fingerprint density at radius 2 is 1.87 bits per heavy atom. The topological polar surface area (TPSA) is 71.5 Å². The first-order valence-corrected chi connectivity index (χ1v) is 10.9. The maximum Gasteiger partial charge on any atom is 0.290 e. The number of hydrogen-bond acceptors (Lipinski definition) is 7. The number of benzene rings is 2. The third kappa shape index (κ3) is 4.90. The molecule has 1 fully saturated rings. The molecule has 0 aliphatic carbocycles. The number of thiazole rings is 1. The van der Waals surface area contributed by atoms with E-state index in [4.69, 9.17) is 4.74 Å². The summed E-state index contributed by atoms with van der Waals surface area (Å²) >= 11 is 2.56. The van der Waals surface area contributed by atoms with Crippen LogP contribution in [-0.4, -0.2) is 36.3 Å². The van der Waals surface area contributed by atoms with E-state index in [1.54, 1.807) is 17.4 Å². The number of rotatable bonds is 7. The minimum absolute atomic E-state index is 0.341. The molecule has 152 valence electrons. The molecule has 1 aliphatic rings. The highest BCUT2D eigenvalue weighted by molar-refractivity contribution is 8.18. The molecule has 2 aromatic carbocycles. The Morgan fingerprint density at radius 3 is 2.57 bits per heavy atom. The van der Waals surface area contributed by atoms with Crippen LogP contribution in [0.2, 0.25) is 0 Å². The summed E-state index contributed by atoms with van der Waals surface area (Å²) in [7, 11) is 2.00. The van der Waals surface area contributed by atoms with Crippen LogP contribution in [0.4, 0.5) is 9.93 Å². The molecule has 0 radical (unpaired) electrons. The van der Waals surface area contributed by atoms with Crippen LogP contribution < -0.4 is 15.0 Å². The second-order valence-corrected chi connectivity index (χ2v) is 8.59. The summed E-state index contributed by atoms with van der Waals surface area (Å²) in [6.45, 7) is 1.22. The van der Waals surface area contributed by atoms with Gasteiger partial charge in [-0.3, -0.25) is 14.9 Å². The van der Waals surface area contributed by atoms with E-state index in [1.165, 1.54) is 5.56 Å². The normalized spacial score (nSPS) is 14.8. The summed E-state index contributed by atoms with van der Waals surface area (Å²) in [4.78, 5) is 30.9. The number of carbonyl (C=O) groups is 2. The quantitative estimate of drug-likeness (QED) is 0.543. The molecule has 1 aliphatic heterocycles. The SMILES string of the molecule is CN(CCOc1ccc(/C=C2/SC(=O)NC2=O)cc1)c1ncc(-c2ccccc2)s1. The zero-order valence-electron chi connectivity index (χ0n) is 16.2. The van der Waals surface area contributed by atoms with E-state index in [0.29, 0.717) is 18.1 Å². The van der Waals surface area contributed by atoms with Gasteiger partial charge in [-0.15, -0.1) is 0 Å². The van der Waals surface area contributed by atoms with Crippen LogP contribution in [0.15, 0.2) is 65.7 Å². The minimum atomic E-state index is -0.356. The maximum atomic E-state index is 11.6. The minimum Gasteiger partial charge on any atom is -0.492 e. The van der Waals surface area contributed by atoms with Gasteiger partial charge in [0.05, 0.1) is 16.3 Å². The second-order valence-electron chi connectivity index (χ2n) is 6.56. The number of carbonyl (C=O) groups excluding carboxylic acids is 2. The lowest BCUT2D eigenvalue weighted by atomic mass is 10.2.